The van der Waals surface area contributed by atoms with Crippen LogP contribution < -0.4 is 14.8 Å². The van der Waals surface area contributed by atoms with Gasteiger partial charge in [0.2, 0.25) is 0 Å². The van der Waals surface area contributed by atoms with Crippen LogP contribution in [0.3, 0.4) is 0 Å². The van der Waals surface area contributed by atoms with Crippen molar-refractivity contribution in [1.82, 2.24) is 10.2 Å². The molecule has 1 saturated carbocycles. The fourth-order valence-electron chi connectivity index (χ4n) is 3.10. The SMILES string of the molecule is COc1ccc(Cl)cc1NS(=O)(=O)c1cccc(C(=O)NCC(C)N(C)C2CC2)c1. The van der Waals surface area contributed by atoms with Gasteiger partial charge in [-0.25, -0.2) is 8.42 Å². The maximum absolute atomic E-state index is 12.8. The number of methoxy groups -OCH3 is 1. The predicted octanol–water partition coefficient (Wildman–Crippen LogP) is 3.36. The molecule has 2 N–H and O–H groups in total. The van der Waals surface area contributed by atoms with Crippen LogP contribution in [0.1, 0.15) is 30.1 Å². The number of ether oxygens (including phenoxy) is 1. The van der Waals surface area contributed by atoms with Crippen LogP contribution in [0, 0.1) is 0 Å². The first-order valence-corrected chi connectivity index (χ1v) is 11.5. The molecule has 1 atom stereocenters. The minimum atomic E-state index is -3.94. The molecule has 7 nitrogen and oxygen atoms in total. The van der Waals surface area contributed by atoms with E-state index >= 15 is 0 Å². The molecule has 30 heavy (non-hydrogen) atoms. The summed E-state index contributed by atoms with van der Waals surface area (Å²) in [4.78, 5) is 14.8. The number of likely N-dealkylation sites (N-methyl/N-ethyl adjacent to an activating group) is 1. The lowest BCUT2D eigenvalue weighted by atomic mass is 10.2. The van der Waals surface area contributed by atoms with Crippen LogP contribution in [0.2, 0.25) is 5.02 Å². The second kappa shape index (κ2) is 9.24. The van der Waals surface area contributed by atoms with Crippen molar-refractivity contribution in [3.8, 4) is 5.75 Å². The van der Waals surface area contributed by atoms with Gasteiger partial charge in [-0.15, -0.1) is 0 Å². The lowest BCUT2D eigenvalue weighted by Crippen LogP contribution is -2.41. The Labute approximate surface area is 182 Å². The van der Waals surface area contributed by atoms with Gasteiger partial charge in [0.1, 0.15) is 5.75 Å². The number of nitrogens with zero attached hydrogens (tertiary/aromatic N) is 1. The molecule has 162 valence electrons. The first kappa shape index (κ1) is 22.4. The number of hydrogen-bond acceptors (Lipinski definition) is 5. The molecule has 9 heteroatoms. The van der Waals surface area contributed by atoms with E-state index in [1.165, 1.54) is 38.2 Å². The summed E-state index contributed by atoms with van der Waals surface area (Å²) in [6, 6.07) is 11.3. The molecule has 1 amide bonds. The van der Waals surface area contributed by atoms with Gasteiger partial charge in [-0.1, -0.05) is 17.7 Å². The van der Waals surface area contributed by atoms with Gasteiger partial charge in [-0.05, 0) is 63.2 Å². The molecule has 2 aromatic rings. The summed E-state index contributed by atoms with van der Waals surface area (Å²) in [6.07, 6.45) is 2.39. The van der Waals surface area contributed by atoms with E-state index in [1.807, 2.05) is 0 Å². The number of rotatable bonds is 9. The van der Waals surface area contributed by atoms with E-state index in [0.29, 0.717) is 23.4 Å². The molecule has 1 aliphatic carbocycles. The van der Waals surface area contributed by atoms with Crippen LogP contribution in [0.15, 0.2) is 47.4 Å². The topological polar surface area (TPSA) is 87.7 Å². The summed E-state index contributed by atoms with van der Waals surface area (Å²) >= 11 is 5.97. The molecule has 2 aromatic carbocycles. The Morgan fingerprint density at radius 2 is 2.00 bits per heavy atom. The van der Waals surface area contributed by atoms with Gasteiger partial charge in [0, 0.05) is 29.2 Å². The number of anilines is 1. The second-order valence-electron chi connectivity index (χ2n) is 7.43. The van der Waals surface area contributed by atoms with Crippen molar-refractivity contribution in [2.45, 2.75) is 36.7 Å². The molecule has 0 spiro atoms. The van der Waals surface area contributed by atoms with Crippen molar-refractivity contribution in [1.29, 1.82) is 0 Å². The fraction of sp³-hybridized carbons (Fsp3) is 0.381. The Morgan fingerprint density at radius 1 is 1.27 bits per heavy atom. The number of carbonyl (C=O) groups is 1. The van der Waals surface area contributed by atoms with Gasteiger partial charge >= 0.3 is 0 Å². The number of nitrogens with one attached hydrogen (secondary N) is 2. The Bertz CT molecular complexity index is 1020. The van der Waals surface area contributed by atoms with Gasteiger partial charge in [0.25, 0.3) is 15.9 Å². The molecule has 0 heterocycles. The summed E-state index contributed by atoms with van der Waals surface area (Å²) in [5, 5.41) is 3.25. The van der Waals surface area contributed by atoms with E-state index in [9.17, 15) is 13.2 Å². The molecular formula is C21H26ClN3O4S. The Kier molecular flexibility index (Phi) is 6.90. The van der Waals surface area contributed by atoms with Crippen LogP contribution in [-0.2, 0) is 10.0 Å². The average Bonchev–Trinajstić information content (AvgIpc) is 3.56. The van der Waals surface area contributed by atoms with Crippen molar-refractivity contribution < 1.29 is 17.9 Å². The maximum atomic E-state index is 12.8. The van der Waals surface area contributed by atoms with Crippen LogP contribution in [0.5, 0.6) is 5.75 Å². The first-order chi connectivity index (χ1) is 14.2. The van der Waals surface area contributed by atoms with Gasteiger partial charge in [-0.3, -0.25) is 14.4 Å². The number of sulfonamides is 1. The van der Waals surface area contributed by atoms with Crippen LogP contribution in [0.25, 0.3) is 0 Å². The van der Waals surface area contributed by atoms with E-state index in [2.05, 4.69) is 28.9 Å². The number of hydrogen-bond donors (Lipinski definition) is 2. The lowest BCUT2D eigenvalue weighted by Gasteiger charge is -2.24. The molecule has 1 fully saturated rings. The van der Waals surface area contributed by atoms with E-state index in [1.54, 1.807) is 24.3 Å². The predicted molar refractivity (Wildman–Crippen MR) is 118 cm³/mol. The number of halogens is 1. The molecule has 3 rings (SSSR count). The number of carbonyl (C=O) groups excluding carboxylic acids is 1. The largest absolute Gasteiger partial charge is 0.495 e. The fourth-order valence-corrected chi connectivity index (χ4v) is 4.38. The summed E-state index contributed by atoms with van der Waals surface area (Å²) in [5.41, 5.74) is 0.494. The highest BCUT2D eigenvalue weighted by Gasteiger charge is 2.29. The third kappa shape index (κ3) is 5.44. The van der Waals surface area contributed by atoms with Crippen LogP contribution >= 0.6 is 11.6 Å². The highest BCUT2D eigenvalue weighted by atomic mass is 35.5. The number of benzene rings is 2. The van der Waals surface area contributed by atoms with Crippen molar-refractivity contribution >= 4 is 33.2 Å². The van der Waals surface area contributed by atoms with Crippen molar-refractivity contribution in [2.24, 2.45) is 0 Å². The monoisotopic (exact) mass is 451 g/mol. The molecule has 0 saturated heterocycles. The highest BCUT2D eigenvalue weighted by molar-refractivity contribution is 7.92. The minimum absolute atomic E-state index is 0.0275. The standard InChI is InChI=1S/C21H26ClN3O4S/c1-14(25(2)17-8-9-17)13-23-21(26)15-5-4-6-18(11-15)30(27,28)24-19-12-16(22)7-10-20(19)29-3/h4-7,10-12,14,17,24H,8-9,13H2,1-3H3,(H,23,26). The maximum Gasteiger partial charge on any atom is 0.262 e. The van der Waals surface area contributed by atoms with Crippen molar-refractivity contribution in [3.63, 3.8) is 0 Å². The van der Waals surface area contributed by atoms with E-state index in [-0.39, 0.29) is 28.1 Å². The Balaban J connectivity index is 1.72. The van der Waals surface area contributed by atoms with E-state index in [0.717, 1.165) is 0 Å². The van der Waals surface area contributed by atoms with Gasteiger partial charge in [0.15, 0.2) is 0 Å². The zero-order chi connectivity index (χ0) is 21.9. The zero-order valence-electron chi connectivity index (χ0n) is 17.2. The summed E-state index contributed by atoms with van der Waals surface area (Å²) in [7, 11) is -0.452. The lowest BCUT2D eigenvalue weighted by molar-refractivity contribution is 0.0939. The highest BCUT2D eigenvalue weighted by Crippen LogP contribution is 2.30. The third-order valence-corrected chi connectivity index (χ3v) is 6.79. The summed E-state index contributed by atoms with van der Waals surface area (Å²) in [6.45, 7) is 2.54. The molecule has 0 aromatic heterocycles. The molecule has 0 radical (unpaired) electrons. The van der Waals surface area contributed by atoms with E-state index < -0.39 is 10.0 Å². The molecular weight excluding hydrogens is 426 g/mol. The van der Waals surface area contributed by atoms with Crippen LogP contribution in [-0.4, -0.2) is 52.0 Å². The molecule has 1 aliphatic rings. The molecule has 1 unspecified atom stereocenters. The molecule has 0 aliphatic heterocycles. The Morgan fingerprint density at radius 3 is 2.67 bits per heavy atom. The smallest absolute Gasteiger partial charge is 0.262 e. The summed E-state index contributed by atoms with van der Waals surface area (Å²) < 4.78 is 33.3. The zero-order valence-corrected chi connectivity index (χ0v) is 18.8. The minimum Gasteiger partial charge on any atom is -0.495 e. The van der Waals surface area contributed by atoms with Gasteiger partial charge < -0.3 is 10.1 Å². The summed E-state index contributed by atoms with van der Waals surface area (Å²) in [5.74, 6) is 0.0223. The van der Waals surface area contributed by atoms with E-state index in [4.69, 9.17) is 16.3 Å². The quantitative estimate of drug-likeness (QED) is 0.610. The number of amides is 1. The first-order valence-electron chi connectivity index (χ1n) is 9.68. The molecule has 0 bridgehead atoms. The van der Waals surface area contributed by atoms with Gasteiger partial charge in [0.05, 0.1) is 17.7 Å². The Hall–Kier alpha value is -2.29. The second-order valence-corrected chi connectivity index (χ2v) is 9.55. The normalized spacial score (nSPS) is 15.0. The van der Waals surface area contributed by atoms with Crippen molar-refractivity contribution in [3.05, 3.63) is 53.1 Å². The average molecular weight is 452 g/mol. The van der Waals surface area contributed by atoms with Gasteiger partial charge in [-0.2, -0.15) is 0 Å². The van der Waals surface area contributed by atoms with Crippen molar-refractivity contribution in [2.75, 3.05) is 25.4 Å². The van der Waals surface area contributed by atoms with Crippen LogP contribution in [0.4, 0.5) is 5.69 Å². The third-order valence-electron chi connectivity index (χ3n) is 5.19.